The molecule has 0 aromatic heterocycles. The lowest BCUT2D eigenvalue weighted by molar-refractivity contribution is -0.117. The van der Waals surface area contributed by atoms with Crippen molar-refractivity contribution in [3.63, 3.8) is 0 Å². The highest BCUT2D eigenvalue weighted by Gasteiger charge is 2.22. The van der Waals surface area contributed by atoms with Gasteiger partial charge in [-0.05, 0) is 74.0 Å². The van der Waals surface area contributed by atoms with E-state index < -0.39 is 22.0 Å². The first-order valence-corrected chi connectivity index (χ1v) is 11.1. The molecule has 0 fully saturated rings. The van der Waals surface area contributed by atoms with E-state index in [4.69, 9.17) is 9.47 Å². The van der Waals surface area contributed by atoms with E-state index in [0.717, 1.165) is 0 Å². The Bertz CT molecular complexity index is 1150. The number of hydrogen-bond donors (Lipinski definition) is 2. The van der Waals surface area contributed by atoms with Crippen molar-refractivity contribution in [2.24, 2.45) is 0 Å². The molecule has 0 aliphatic carbocycles. The molecule has 0 bridgehead atoms. The van der Waals surface area contributed by atoms with E-state index in [1.165, 1.54) is 26.2 Å². The second kappa shape index (κ2) is 9.63. The minimum Gasteiger partial charge on any atom is -0.496 e. The quantitative estimate of drug-likeness (QED) is 0.550. The average Bonchev–Trinajstić information content (AvgIpc) is 2.75. The van der Waals surface area contributed by atoms with Crippen LogP contribution in [0.2, 0.25) is 0 Å². The summed E-state index contributed by atoms with van der Waals surface area (Å²) in [5.41, 5.74) is 1.21. The van der Waals surface area contributed by atoms with E-state index >= 15 is 0 Å². The van der Waals surface area contributed by atoms with Gasteiger partial charge in [0.15, 0.2) is 0 Å². The number of anilines is 1. The van der Waals surface area contributed by atoms with Crippen LogP contribution in [0.25, 0.3) is 0 Å². The normalized spacial score (nSPS) is 12.1. The van der Waals surface area contributed by atoms with Gasteiger partial charge in [-0.2, -0.15) is 4.72 Å². The number of carbonyl (C=O) groups is 1. The number of para-hydroxylation sites is 1. The molecule has 2 N–H and O–H groups in total. The van der Waals surface area contributed by atoms with Crippen LogP contribution in [0.3, 0.4) is 0 Å². The average molecular weight is 441 g/mol. The molecular weight excluding hydrogens is 416 g/mol. The Hall–Kier alpha value is -3.36. The molecule has 1 atom stereocenters. The first-order valence-electron chi connectivity index (χ1n) is 9.59. The lowest BCUT2D eigenvalue weighted by atomic mass is 10.2. The van der Waals surface area contributed by atoms with E-state index in [1.807, 2.05) is 30.3 Å². The van der Waals surface area contributed by atoms with Gasteiger partial charge in [0, 0.05) is 5.69 Å². The summed E-state index contributed by atoms with van der Waals surface area (Å²) in [7, 11) is -2.36. The van der Waals surface area contributed by atoms with E-state index in [1.54, 1.807) is 37.3 Å². The molecule has 3 rings (SSSR count). The summed E-state index contributed by atoms with van der Waals surface area (Å²) in [6.45, 7) is 3.23. The van der Waals surface area contributed by atoms with Gasteiger partial charge in [0.1, 0.15) is 17.2 Å². The maximum atomic E-state index is 12.6. The minimum absolute atomic E-state index is 0.0628. The summed E-state index contributed by atoms with van der Waals surface area (Å²) in [6, 6.07) is 19.7. The molecule has 0 saturated carbocycles. The molecule has 1 amide bonds. The third-order valence-electron chi connectivity index (χ3n) is 4.50. The number of methoxy groups -OCH3 is 1. The molecule has 0 heterocycles. The third-order valence-corrected chi connectivity index (χ3v) is 6.04. The minimum atomic E-state index is -3.87. The highest BCUT2D eigenvalue weighted by atomic mass is 32.2. The second-order valence-electron chi connectivity index (χ2n) is 6.90. The molecule has 0 aliphatic rings. The van der Waals surface area contributed by atoms with E-state index in [9.17, 15) is 13.2 Å². The Kier molecular flexibility index (Phi) is 6.94. The van der Waals surface area contributed by atoms with Gasteiger partial charge < -0.3 is 14.8 Å². The number of aryl methyl sites for hydroxylation is 1. The fraction of sp³-hybridized carbons (Fsp3) is 0.174. The zero-order valence-corrected chi connectivity index (χ0v) is 18.3. The summed E-state index contributed by atoms with van der Waals surface area (Å²) >= 11 is 0. The van der Waals surface area contributed by atoms with Crippen molar-refractivity contribution in [3.8, 4) is 17.2 Å². The van der Waals surface area contributed by atoms with Crippen molar-refractivity contribution in [2.75, 3.05) is 12.4 Å². The van der Waals surface area contributed by atoms with Gasteiger partial charge in [-0.3, -0.25) is 4.79 Å². The maximum absolute atomic E-state index is 12.6. The lowest BCUT2D eigenvalue weighted by Gasteiger charge is -2.15. The van der Waals surface area contributed by atoms with Crippen LogP contribution in [-0.4, -0.2) is 27.5 Å². The van der Waals surface area contributed by atoms with E-state index in [0.29, 0.717) is 28.5 Å². The Morgan fingerprint density at radius 2 is 1.58 bits per heavy atom. The molecule has 0 saturated heterocycles. The van der Waals surface area contributed by atoms with E-state index in [2.05, 4.69) is 10.0 Å². The van der Waals surface area contributed by atoms with Crippen molar-refractivity contribution in [1.82, 2.24) is 4.72 Å². The first kappa shape index (κ1) is 22.3. The molecule has 7 nitrogen and oxygen atoms in total. The van der Waals surface area contributed by atoms with Crippen LogP contribution in [0.5, 0.6) is 17.2 Å². The summed E-state index contributed by atoms with van der Waals surface area (Å²) in [5.74, 6) is 1.43. The number of benzene rings is 3. The fourth-order valence-electron chi connectivity index (χ4n) is 2.85. The van der Waals surface area contributed by atoms with Gasteiger partial charge in [-0.15, -0.1) is 0 Å². The van der Waals surface area contributed by atoms with Crippen LogP contribution >= 0.6 is 0 Å². The van der Waals surface area contributed by atoms with Crippen molar-refractivity contribution < 1.29 is 22.7 Å². The summed E-state index contributed by atoms with van der Waals surface area (Å²) in [4.78, 5) is 12.5. The molecule has 162 valence electrons. The SMILES string of the molecule is COc1ccc(S(=O)(=O)N[C@@H](C)C(=O)Nc2ccc(Oc3ccccc3)cc2)cc1C. The van der Waals surface area contributed by atoms with Crippen LogP contribution in [0.1, 0.15) is 12.5 Å². The second-order valence-corrected chi connectivity index (χ2v) is 8.62. The Morgan fingerprint density at radius 1 is 0.935 bits per heavy atom. The zero-order valence-electron chi connectivity index (χ0n) is 17.5. The molecule has 31 heavy (non-hydrogen) atoms. The Balaban J connectivity index is 1.61. The highest BCUT2D eigenvalue weighted by Crippen LogP contribution is 2.23. The largest absolute Gasteiger partial charge is 0.496 e. The molecular formula is C23H24N2O5S. The van der Waals surface area contributed by atoms with Crippen molar-refractivity contribution >= 4 is 21.6 Å². The van der Waals surface area contributed by atoms with Gasteiger partial charge >= 0.3 is 0 Å². The van der Waals surface area contributed by atoms with Crippen LogP contribution in [-0.2, 0) is 14.8 Å². The van der Waals surface area contributed by atoms with Gasteiger partial charge in [-0.25, -0.2) is 8.42 Å². The predicted molar refractivity (Wildman–Crippen MR) is 119 cm³/mol. The number of nitrogens with one attached hydrogen (secondary N) is 2. The molecule has 3 aromatic carbocycles. The number of sulfonamides is 1. The van der Waals surface area contributed by atoms with Crippen molar-refractivity contribution in [1.29, 1.82) is 0 Å². The highest BCUT2D eigenvalue weighted by molar-refractivity contribution is 7.89. The Morgan fingerprint density at radius 3 is 2.19 bits per heavy atom. The monoisotopic (exact) mass is 440 g/mol. The smallest absolute Gasteiger partial charge is 0.242 e. The fourth-order valence-corrected chi connectivity index (χ4v) is 4.14. The number of amides is 1. The number of carbonyl (C=O) groups excluding carboxylic acids is 1. The topological polar surface area (TPSA) is 93.7 Å². The lowest BCUT2D eigenvalue weighted by Crippen LogP contribution is -2.41. The van der Waals surface area contributed by atoms with Crippen molar-refractivity contribution in [3.05, 3.63) is 78.4 Å². The van der Waals surface area contributed by atoms with Crippen LogP contribution in [0.4, 0.5) is 5.69 Å². The standard InChI is InChI=1S/C23H24N2O5S/c1-16-15-21(13-14-22(16)29-3)31(27,28)25-17(2)23(26)24-18-9-11-20(12-10-18)30-19-7-5-4-6-8-19/h4-15,17,25H,1-3H3,(H,24,26)/t17-/m0/s1. The predicted octanol–water partition coefficient (Wildman–Crippen LogP) is 4.10. The van der Waals surface area contributed by atoms with Crippen molar-refractivity contribution in [2.45, 2.75) is 24.8 Å². The molecule has 0 unspecified atom stereocenters. The Labute approximate surface area is 182 Å². The van der Waals surface area contributed by atoms with Crippen LogP contribution in [0.15, 0.2) is 77.7 Å². The summed E-state index contributed by atoms with van der Waals surface area (Å²) in [5, 5.41) is 2.70. The van der Waals surface area contributed by atoms with Crippen LogP contribution in [0, 0.1) is 6.92 Å². The van der Waals surface area contributed by atoms with Gasteiger partial charge in [0.25, 0.3) is 0 Å². The molecule has 0 aliphatic heterocycles. The molecule has 8 heteroatoms. The van der Waals surface area contributed by atoms with Gasteiger partial charge in [-0.1, -0.05) is 18.2 Å². The first-order chi connectivity index (χ1) is 14.8. The zero-order chi connectivity index (χ0) is 22.4. The summed E-state index contributed by atoms with van der Waals surface area (Å²) < 4.78 is 38.5. The van der Waals surface area contributed by atoms with Gasteiger partial charge in [0.2, 0.25) is 15.9 Å². The maximum Gasteiger partial charge on any atom is 0.242 e. The molecule has 0 spiro atoms. The number of rotatable bonds is 8. The number of ether oxygens (including phenoxy) is 2. The third kappa shape index (κ3) is 5.84. The van der Waals surface area contributed by atoms with E-state index in [-0.39, 0.29) is 4.90 Å². The van der Waals surface area contributed by atoms with Crippen LogP contribution < -0.4 is 19.5 Å². The molecule has 0 radical (unpaired) electrons. The molecule has 3 aromatic rings. The summed E-state index contributed by atoms with van der Waals surface area (Å²) in [6.07, 6.45) is 0. The number of hydrogen-bond acceptors (Lipinski definition) is 5. The van der Waals surface area contributed by atoms with Gasteiger partial charge in [0.05, 0.1) is 18.0 Å².